The SMILES string of the molecule is C/C=C(/C(=O)C1COc2ccc(Cl)cc2C1)c1ccc(-c2cn[nH]c2F)cc1C(C)C.CC.CC.CCCCCC. The number of hydrogen-bond acceptors (Lipinski definition) is 3. The highest BCUT2D eigenvalue weighted by atomic mass is 35.5. The molecule has 3 aromatic rings. The van der Waals surface area contributed by atoms with E-state index in [2.05, 4.69) is 37.9 Å². The van der Waals surface area contributed by atoms with E-state index in [4.69, 9.17) is 16.3 Å². The van der Waals surface area contributed by atoms with Gasteiger partial charge in [0, 0.05) is 10.6 Å². The second-order valence-corrected chi connectivity index (χ2v) is 10.2. The minimum Gasteiger partial charge on any atom is -0.493 e. The van der Waals surface area contributed by atoms with Crippen LogP contribution >= 0.6 is 11.6 Å². The minimum absolute atomic E-state index is 0.0391. The van der Waals surface area contributed by atoms with E-state index in [0.717, 1.165) is 28.0 Å². The molecule has 0 aliphatic carbocycles. The normalized spacial score (nSPS) is 13.9. The van der Waals surface area contributed by atoms with Crippen LogP contribution in [0.15, 0.2) is 48.7 Å². The van der Waals surface area contributed by atoms with Crippen LogP contribution in [0.2, 0.25) is 5.02 Å². The number of nitrogens with one attached hydrogen (secondary N) is 1. The molecule has 1 aliphatic heterocycles. The number of hydrogen-bond donors (Lipinski definition) is 1. The summed E-state index contributed by atoms with van der Waals surface area (Å²) in [6.07, 6.45) is 9.45. The lowest BCUT2D eigenvalue weighted by atomic mass is 9.83. The third kappa shape index (κ3) is 10.1. The number of Topliss-reactive ketones (excluding diaryl/α,β-unsaturated/α-hetero) is 1. The lowest BCUT2D eigenvalue weighted by Gasteiger charge is -2.26. The molecule has 4 rings (SSSR count). The maximum absolute atomic E-state index is 14.0. The Kier molecular flexibility index (Phi) is 16.9. The van der Waals surface area contributed by atoms with Gasteiger partial charge in [-0.25, -0.2) is 0 Å². The number of fused-ring (bicyclic) bond motifs is 1. The average Bonchev–Trinajstić information content (AvgIpc) is 3.44. The summed E-state index contributed by atoms with van der Waals surface area (Å²) in [6.45, 7) is 18.8. The van der Waals surface area contributed by atoms with E-state index in [1.165, 1.54) is 31.9 Å². The molecule has 0 radical (unpaired) electrons. The van der Waals surface area contributed by atoms with Crippen molar-refractivity contribution in [1.29, 1.82) is 0 Å². The third-order valence-electron chi connectivity index (χ3n) is 6.68. The van der Waals surface area contributed by atoms with Gasteiger partial charge in [-0.2, -0.15) is 9.49 Å². The highest BCUT2D eigenvalue weighted by Crippen LogP contribution is 2.36. The largest absolute Gasteiger partial charge is 0.493 e. The van der Waals surface area contributed by atoms with Gasteiger partial charge in [-0.15, -0.1) is 0 Å². The van der Waals surface area contributed by atoms with Gasteiger partial charge in [-0.3, -0.25) is 9.89 Å². The van der Waals surface area contributed by atoms with Crippen LogP contribution in [0.3, 0.4) is 0 Å². The predicted octanol–water partition coefficient (Wildman–Crippen LogP) is 10.9. The number of rotatable bonds is 8. The van der Waals surface area contributed by atoms with Crippen LogP contribution in [0.5, 0.6) is 5.75 Å². The van der Waals surface area contributed by atoms with E-state index < -0.39 is 5.95 Å². The number of benzene rings is 2. The topological polar surface area (TPSA) is 55.0 Å². The molecule has 1 N–H and O–H groups in total. The summed E-state index contributed by atoms with van der Waals surface area (Å²) >= 11 is 6.13. The summed E-state index contributed by atoms with van der Waals surface area (Å²) in [7, 11) is 0. The molecule has 2 aromatic carbocycles. The Morgan fingerprint density at radius 1 is 1.10 bits per heavy atom. The molecule has 1 aliphatic rings. The molecular formula is C35H50ClFN2O2. The van der Waals surface area contributed by atoms with Gasteiger partial charge < -0.3 is 4.74 Å². The summed E-state index contributed by atoms with van der Waals surface area (Å²) < 4.78 is 19.9. The van der Waals surface area contributed by atoms with Crippen molar-refractivity contribution in [2.75, 3.05) is 6.61 Å². The van der Waals surface area contributed by atoms with Crippen LogP contribution < -0.4 is 4.74 Å². The predicted molar refractivity (Wildman–Crippen MR) is 173 cm³/mol. The van der Waals surface area contributed by atoms with E-state index in [0.29, 0.717) is 29.2 Å². The lowest BCUT2D eigenvalue weighted by Crippen LogP contribution is -2.29. The number of aromatic amines is 1. The Labute approximate surface area is 252 Å². The number of halogens is 2. The Morgan fingerprint density at radius 3 is 2.29 bits per heavy atom. The Balaban J connectivity index is 0.000000737. The van der Waals surface area contributed by atoms with Gasteiger partial charge in [0.15, 0.2) is 5.78 Å². The molecule has 226 valence electrons. The average molecular weight is 585 g/mol. The van der Waals surface area contributed by atoms with Crippen molar-refractivity contribution in [2.24, 2.45) is 5.92 Å². The molecule has 2 heterocycles. The van der Waals surface area contributed by atoms with Gasteiger partial charge in [-0.1, -0.05) is 117 Å². The first kappa shape index (κ1) is 36.1. The Bertz CT molecular complexity index is 1230. The highest BCUT2D eigenvalue weighted by Gasteiger charge is 2.30. The Morgan fingerprint density at radius 2 is 1.76 bits per heavy atom. The zero-order valence-electron chi connectivity index (χ0n) is 26.5. The molecule has 0 saturated heterocycles. The van der Waals surface area contributed by atoms with Crippen LogP contribution in [0.25, 0.3) is 16.7 Å². The summed E-state index contributed by atoms with van der Waals surface area (Å²) in [4.78, 5) is 13.5. The van der Waals surface area contributed by atoms with Crippen molar-refractivity contribution in [3.05, 3.63) is 76.3 Å². The van der Waals surface area contributed by atoms with Gasteiger partial charge in [0.05, 0.1) is 24.3 Å². The standard InChI is InChI=1S/C25H24ClFN2O2.C6H14.2C2H6/c1-4-19(24(30)17-9-16-10-18(26)6-8-23(16)31-13-17)20-7-5-15(11-21(20)14(2)3)22-12-28-29-25(22)27;1-3-5-6-4-2;2*1-2/h4-8,10-12,14,17H,9,13H2,1-3H3,(H,28,29);3-6H2,1-2H3;2*1-2H3/b19-4+;;;. The van der Waals surface area contributed by atoms with Crippen LogP contribution in [-0.4, -0.2) is 22.6 Å². The van der Waals surface area contributed by atoms with Gasteiger partial charge in [0.25, 0.3) is 0 Å². The quantitative estimate of drug-likeness (QED) is 0.211. The van der Waals surface area contributed by atoms with Crippen molar-refractivity contribution in [2.45, 2.75) is 100 Å². The van der Waals surface area contributed by atoms with Crippen molar-refractivity contribution in [3.63, 3.8) is 0 Å². The molecular weight excluding hydrogens is 535 g/mol. The summed E-state index contributed by atoms with van der Waals surface area (Å²) in [6, 6.07) is 11.2. The molecule has 0 saturated carbocycles. The van der Waals surface area contributed by atoms with E-state index in [1.54, 1.807) is 6.07 Å². The van der Waals surface area contributed by atoms with Crippen molar-refractivity contribution >= 4 is 23.0 Å². The van der Waals surface area contributed by atoms with Gasteiger partial charge >= 0.3 is 0 Å². The van der Waals surface area contributed by atoms with E-state index >= 15 is 0 Å². The number of H-pyrrole nitrogens is 1. The molecule has 0 bridgehead atoms. The number of ether oxygens (including phenoxy) is 1. The van der Waals surface area contributed by atoms with Gasteiger partial charge in [0.2, 0.25) is 5.95 Å². The summed E-state index contributed by atoms with van der Waals surface area (Å²) in [5.41, 5.74) is 4.60. The number of allylic oxidation sites excluding steroid dienone is 2. The molecule has 0 fully saturated rings. The zero-order chi connectivity index (χ0) is 30.9. The number of carbonyl (C=O) groups is 1. The van der Waals surface area contributed by atoms with Crippen LogP contribution in [0.4, 0.5) is 4.39 Å². The minimum atomic E-state index is -0.471. The zero-order valence-corrected chi connectivity index (χ0v) is 27.3. The summed E-state index contributed by atoms with van der Waals surface area (Å²) in [5, 5.41) is 6.73. The van der Waals surface area contributed by atoms with Crippen LogP contribution in [0, 0.1) is 11.9 Å². The molecule has 0 spiro atoms. The molecule has 41 heavy (non-hydrogen) atoms. The van der Waals surface area contributed by atoms with Crippen LogP contribution in [0.1, 0.15) is 111 Å². The number of carbonyl (C=O) groups excluding carboxylic acids is 1. The fourth-order valence-electron chi connectivity index (χ4n) is 4.61. The molecule has 1 aromatic heterocycles. The summed E-state index contributed by atoms with van der Waals surface area (Å²) in [5.74, 6) is 0.210. The molecule has 0 amide bonds. The van der Waals surface area contributed by atoms with Crippen LogP contribution in [-0.2, 0) is 11.2 Å². The number of unbranched alkanes of at least 4 members (excludes halogenated alkanes) is 3. The second-order valence-electron chi connectivity index (χ2n) is 9.79. The maximum Gasteiger partial charge on any atom is 0.216 e. The molecule has 1 atom stereocenters. The van der Waals surface area contributed by atoms with Gasteiger partial charge in [-0.05, 0) is 59.7 Å². The fraction of sp³-hybridized carbons (Fsp3) is 0.486. The van der Waals surface area contributed by atoms with Crippen molar-refractivity contribution in [1.82, 2.24) is 10.2 Å². The molecule has 4 nitrogen and oxygen atoms in total. The number of aromatic nitrogens is 2. The highest BCUT2D eigenvalue weighted by molar-refractivity contribution is 6.30. The number of ketones is 1. The third-order valence-corrected chi connectivity index (χ3v) is 6.91. The first-order chi connectivity index (χ1) is 19.8. The smallest absolute Gasteiger partial charge is 0.216 e. The monoisotopic (exact) mass is 584 g/mol. The van der Waals surface area contributed by atoms with Crippen molar-refractivity contribution in [3.8, 4) is 16.9 Å². The Hall–Kier alpha value is -2.92. The second kappa shape index (κ2) is 19.2. The fourth-order valence-corrected chi connectivity index (χ4v) is 4.80. The van der Waals surface area contributed by atoms with Gasteiger partial charge in [0.1, 0.15) is 5.75 Å². The molecule has 6 heteroatoms. The van der Waals surface area contributed by atoms with E-state index in [1.807, 2.05) is 71.0 Å². The first-order valence-electron chi connectivity index (χ1n) is 15.3. The van der Waals surface area contributed by atoms with Crippen molar-refractivity contribution < 1.29 is 13.9 Å². The van der Waals surface area contributed by atoms with E-state index in [-0.39, 0.29) is 17.6 Å². The number of nitrogens with zero attached hydrogens (tertiary/aromatic N) is 1. The lowest BCUT2D eigenvalue weighted by molar-refractivity contribution is -0.118. The maximum atomic E-state index is 14.0. The van der Waals surface area contributed by atoms with E-state index in [9.17, 15) is 9.18 Å². The first-order valence-corrected chi connectivity index (χ1v) is 15.6. The molecule has 1 unspecified atom stereocenters.